The molecule has 0 saturated carbocycles. The molecule has 2 aromatic heterocycles. The fraction of sp³-hybridized carbons (Fsp3) is 0.150. The highest BCUT2D eigenvalue weighted by Crippen LogP contribution is 2.24. The van der Waals surface area contributed by atoms with Crippen LogP contribution in [0.25, 0.3) is 10.9 Å². The maximum atomic E-state index is 12.4. The van der Waals surface area contributed by atoms with E-state index in [9.17, 15) is 14.7 Å². The number of nitrogens with zero attached hydrogens (tertiary/aromatic N) is 1. The van der Waals surface area contributed by atoms with Crippen LogP contribution in [0.2, 0.25) is 0 Å². The second-order valence-corrected chi connectivity index (χ2v) is 5.84. The number of hydrogen-bond donors (Lipinski definition) is 3. The summed E-state index contributed by atoms with van der Waals surface area (Å²) >= 11 is 0. The van der Waals surface area contributed by atoms with Gasteiger partial charge in [0.15, 0.2) is 5.75 Å². The van der Waals surface area contributed by atoms with E-state index in [0.29, 0.717) is 5.56 Å². The van der Waals surface area contributed by atoms with E-state index in [1.165, 1.54) is 6.20 Å². The fourth-order valence-electron chi connectivity index (χ4n) is 2.55. The molecule has 3 aromatic rings. The van der Waals surface area contributed by atoms with Crippen LogP contribution in [0.1, 0.15) is 34.1 Å². The molecule has 0 bridgehead atoms. The zero-order chi connectivity index (χ0) is 18.7. The van der Waals surface area contributed by atoms with E-state index < -0.39 is 11.5 Å². The Bertz CT molecular complexity index is 1100. The van der Waals surface area contributed by atoms with Crippen LogP contribution in [-0.2, 0) is 6.54 Å². The third-order valence-corrected chi connectivity index (χ3v) is 3.90. The Morgan fingerprint density at radius 3 is 2.73 bits per heavy atom. The molecule has 0 atom stereocenters. The van der Waals surface area contributed by atoms with Gasteiger partial charge in [0.05, 0.1) is 5.39 Å². The average Bonchev–Trinajstić information content (AvgIpc) is 2.64. The number of aromatic hydroxyl groups is 1. The van der Waals surface area contributed by atoms with E-state index in [1.807, 2.05) is 31.2 Å². The summed E-state index contributed by atoms with van der Waals surface area (Å²) in [6, 6.07) is 9.23. The second kappa shape index (κ2) is 7.11. The molecule has 0 radical (unpaired) electrons. The van der Waals surface area contributed by atoms with Crippen LogP contribution < -0.4 is 10.9 Å². The average molecular weight is 347 g/mol. The van der Waals surface area contributed by atoms with E-state index in [2.05, 4.69) is 27.1 Å². The quantitative estimate of drug-likeness (QED) is 0.633. The fourth-order valence-corrected chi connectivity index (χ4v) is 2.55. The normalized spacial score (nSPS) is 10.2. The summed E-state index contributed by atoms with van der Waals surface area (Å²) in [6.45, 7) is 3.93. The number of aryl methyl sites for hydroxylation is 1. The molecule has 1 aromatic carbocycles. The maximum absolute atomic E-state index is 12.4. The van der Waals surface area contributed by atoms with Crippen molar-refractivity contribution in [1.29, 1.82) is 0 Å². The van der Waals surface area contributed by atoms with Crippen molar-refractivity contribution in [1.82, 2.24) is 15.3 Å². The van der Waals surface area contributed by atoms with Gasteiger partial charge in [-0.15, -0.1) is 5.92 Å². The number of aromatic amines is 1. The van der Waals surface area contributed by atoms with Gasteiger partial charge in [-0.25, -0.2) is 4.98 Å². The summed E-state index contributed by atoms with van der Waals surface area (Å²) in [6.07, 6.45) is 1.45. The molecule has 3 N–H and O–H groups in total. The molecule has 0 saturated heterocycles. The van der Waals surface area contributed by atoms with Gasteiger partial charge >= 0.3 is 0 Å². The van der Waals surface area contributed by atoms with Gasteiger partial charge in [0.1, 0.15) is 11.2 Å². The van der Waals surface area contributed by atoms with Gasteiger partial charge < -0.3 is 15.4 Å². The highest BCUT2D eigenvalue weighted by molar-refractivity contribution is 6.00. The van der Waals surface area contributed by atoms with Crippen LogP contribution >= 0.6 is 0 Å². The molecule has 1 amide bonds. The van der Waals surface area contributed by atoms with E-state index >= 15 is 0 Å². The standard InChI is InChI=1S/C20H17N3O3/c1-3-4-14-9-15-16(21-11-14)20(26)23-17(18(15)24)19(25)22-10-13-7-5-12(2)6-8-13/h5-9,11,24H,10H2,1-2H3,(H,22,25)(H,23,26). The number of benzene rings is 1. The highest BCUT2D eigenvalue weighted by atomic mass is 16.3. The van der Waals surface area contributed by atoms with Gasteiger partial charge in [0.25, 0.3) is 11.5 Å². The SMILES string of the molecule is CC#Cc1cnc2c(=O)[nH]c(C(=O)NCc3ccc(C)cc3)c(O)c2c1. The Kier molecular flexibility index (Phi) is 4.72. The molecule has 26 heavy (non-hydrogen) atoms. The Morgan fingerprint density at radius 1 is 1.31 bits per heavy atom. The number of fused-ring (bicyclic) bond motifs is 1. The van der Waals surface area contributed by atoms with Gasteiger partial charge in [-0.05, 0) is 25.5 Å². The Labute approximate surface area is 149 Å². The number of hydrogen-bond acceptors (Lipinski definition) is 4. The minimum Gasteiger partial charge on any atom is -0.505 e. The third kappa shape index (κ3) is 3.42. The largest absolute Gasteiger partial charge is 0.505 e. The zero-order valence-corrected chi connectivity index (χ0v) is 14.4. The summed E-state index contributed by atoms with van der Waals surface area (Å²) in [4.78, 5) is 31.0. The first kappa shape index (κ1) is 17.2. The molecular weight excluding hydrogens is 330 g/mol. The van der Waals surface area contributed by atoms with Crippen LogP contribution in [0.15, 0.2) is 41.3 Å². The molecule has 3 rings (SSSR count). The first-order chi connectivity index (χ1) is 12.5. The summed E-state index contributed by atoms with van der Waals surface area (Å²) < 4.78 is 0. The van der Waals surface area contributed by atoms with Gasteiger partial charge in [-0.2, -0.15) is 0 Å². The molecule has 130 valence electrons. The van der Waals surface area contributed by atoms with Crippen molar-refractivity contribution in [2.75, 3.05) is 0 Å². The number of H-pyrrole nitrogens is 1. The first-order valence-corrected chi connectivity index (χ1v) is 8.01. The predicted octanol–water partition coefficient (Wildman–Crippen LogP) is 2.24. The summed E-state index contributed by atoms with van der Waals surface area (Å²) in [5.41, 5.74) is 1.89. The molecule has 0 spiro atoms. The third-order valence-electron chi connectivity index (χ3n) is 3.90. The number of pyridine rings is 2. The van der Waals surface area contributed by atoms with E-state index in [-0.39, 0.29) is 28.9 Å². The zero-order valence-electron chi connectivity index (χ0n) is 14.4. The lowest BCUT2D eigenvalue weighted by Gasteiger charge is -2.09. The number of carbonyl (C=O) groups excluding carboxylic acids is 1. The Morgan fingerprint density at radius 2 is 2.04 bits per heavy atom. The van der Waals surface area contributed by atoms with Crippen LogP contribution in [0, 0.1) is 18.8 Å². The monoisotopic (exact) mass is 347 g/mol. The molecule has 0 aliphatic heterocycles. The molecule has 0 unspecified atom stereocenters. The van der Waals surface area contributed by atoms with Gasteiger partial charge in [-0.1, -0.05) is 35.7 Å². The Balaban J connectivity index is 1.94. The van der Waals surface area contributed by atoms with E-state index in [4.69, 9.17) is 0 Å². The lowest BCUT2D eigenvalue weighted by Crippen LogP contribution is -2.26. The number of rotatable bonds is 3. The van der Waals surface area contributed by atoms with Gasteiger partial charge in [0.2, 0.25) is 0 Å². The smallest absolute Gasteiger partial charge is 0.275 e. The number of carbonyl (C=O) groups is 1. The first-order valence-electron chi connectivity index (χ1n) is 8.01. The molecule has 0 aliphatic carbocycles. The Hall–Kier alpha value is -3.59. The maximum Gasteiger partial charge on any atom is 0.275 e. The molecule has 6 heteroatoms. The lowest BCUT2D eigenvalue weighted by atomic mass is 10.1. The molecular formula is C20H17N3O3. The minimum atomic E-state index is -0.575. The van der Waals surface area contributed by atoms with Crippen molar-refractivity contribution in [3.8, 4) is 17.6 Å². The molecule has 0 aliphatic rings. The van der Waals surface area contributed by atoms with Crippen molar-refractivity contribution < 1.29 is 9.90 Å². The van der Waals surface area contributed by atoms with Crippen molar-refractivity contribution in [2.24, 2.45) is 0 Å². The van der Waals surface area contributed by atoms with Crippen molar-refractivity contribution in [3.05, 3.63) is 69.3 Å². The predicted molar refractivity (Wildman–Crippen MR) is 98.9 cm³/mol. The number of amides is 1. The van der Waals surface area contributed by atoms with E-state index in [1.54, 1.807) is 13.0 Å². The lowest BCUT2D eigenvalue weighted by molar-refractivity contribution is 0.0943. The number of nitrogens with one attached hydrogen (secondary N) is 2. The van der Waals surface area contributed by atoms with Crippen LogP contribution in [0.5, 0.6) is 5.75 Å². The van der Waals surface area contributed by atoms with Gasteiger partial charge in [-0.3, -0.25) is 9.59 Å². The van der Waals surface area contributed by atoms with Gasteiger partial charge in [0, 0.05) is 18.3 Å². The minimum absolute atomic E-state index is 0.0548. The van der Waals surface area contributed by atoms with Crippen LogP contribution in [-0.4, -0.2) is 21.0 Å². The van der Waals surface area contributed by atoms with Crippen LogP contribution in [0.4, 0.5) is 0 Å². The van der Waals surface area contributed by atoms with Crippen molar-refractivity contribution >= 4 is 16.8 Å². The van der Waals surface area contributed by atoms with Crippen molar-refractivity contribution in [3.63, 3.8) is 0 Å². The second-order valence-electron chi connectivity index (χ2n) is 5.84. The molecule has 0 fully saturated rings. The summed E-state index contributed by atoms with van der Waals surface area (Å²) in [7, 11) is 0. The molecule has 2 heterocycles. The highest BCUT2D eigenvalue weighted by Gasteiger charge is 2.17. The molecule has 6 nitrogen and oxygen atoms in total. The number of aromatic nitrogens is 2. The van der Waals surface area contributed by atoms with Crippen molar-refractivity contribution in [2.45, 2.75) is 20.4 Å². The van der Waals surface area contributed by atoms with Crippen LogP contribution in [0.3, 0.4) is 0 Å². The topological polar surface area (TPSA) is 95.1 Å². The van der Waals surface area contributed by atoms with E-state index in [0.717, 1.165) is 11.1 Å². The summed E-state index contributed by atoms with van der Waals surface area (Å²) in [5.74, 6) is 4.63. The summed E-state index contributed by atoms with van der Waals surface area (Å²) in [5, 5.41) is 13.3.